The van der Waals surface area contributed by atoms with Gasteiger partial charge in [0.05, 0.1) is 0 Å². The summed E-state index contributed by atoms with van der Waals surface area (Å²) in [5.41, 5.74) is -1.15. The smallest absolute Gasteiger partial charge is 0.273 e. The predicted molar refractivity (Wildman–Crippen MR) is 85.9 cm³/mol. The Morgan fingerprint density at radius 2 is 1.96 bits per heavy atom. The van der Waals surface area contributed by atoms with E-state index in [0.717, 1.165) is 13.3 Å². The highest BCUT2D eigenvalue weighted by molar-refractivity contribution is 5.97. The minimum Gasteiger partial charge on any atom is -0.508 e. The van der Waals surface area contributed by atoms with Crippen LogP contribution in [0.5, 0.6) is 5.75 Å². The minimum absolute atomic E-state index is 0.00201. The van der Waals surface area contributed by atoms with Gasteiger partial charge in [0, 0.05) is 25.3 Å². The summed E-state index contributed by atoms with van der Waals surface area (Å²) in [6, 6.07) is 6.00. The first-order valence-electron chi connectivity index (χ1n) is 7.67. The fraction of sp³-hybridized carbons (Fsp3) is 0.500. The van der Waals surface area contributed by atoms with Crippen molar-refractivity contribution in [3.05, 3.63) is 41.5 Å². The number of aromatic hydroxyl groups is 1. The Balaban J connectivity index is 2.85. The first-order chi connectivity index (χ1) is 10.6. The van der Waals surface area contributed by atoms with Crippen LogP contribution in [0.4, 0.5) is 8.78 Å². The van der Waals surface area contributed by atoms with E-state index >= 15 is 0 Å². The van der Waals surface area contributed by atoms with Crippen molar-refractivity contribution in [1.29, 1.82) is 0 Å². The van der Waals surface area contributed by atoms with Crippen molar-refractivity contribution in [2.24, 2.45) is 0 Å². The fourth-order valence-corrected chi connectivity index (χ4v) is 2.22. The van der Waals surface area contributed by atoms with Gasteiger partial charge >= 0.3 is 0 Å². The second-order valence-electron chi connectivity index (χ2n) is 6.13. The molecule has 0 heterocycles. The number of alkyl halides is 2. The SMILES string of the molecule is CCC/C(=C/CC(=O)c1cccc(O)c1)CC(C)(O)C(C)(F)F. The van der Waals surface area contributed by atoms with E-state index in [1.165, 1.54) is 12.1 Å². The molecule has 0 fully saturated rings. The Morgan fingerprint density at radius 3 is 2.48 bits per heavy atom. The molecule has 2 N–H and O–H groups in total. The van der Waals surface area contributed by atoms with Crippen LogP contribution in [0.15, 0.2) is 35.9 Å². The van der Waals surface area contributed by atoms with Crippen LogP contribution in [0.3, 0.4) is 0 Å². The van der Waals surface area contributed by atoms with Crippen LogP contribution in [-0.2, 0) is 0 Å². The summed E-state index contributed by atoms with van der Waals surface area (Å²) in [5, 5.41) is 19.3. The van der Waals surface area contributed by atoms with Crippen molar-refractivity contribution >= 4 is 5.78 Å². The number of carbonyl (C=O) groups excluding carboxylic acids is 1. The lowest BCUT2D eigenvalue weighted by atomic mass is 9.88. The molecule has 1 rings (SSSR count). The molecule has 0 saturated carbocycles. The van der Waals surface area contributed by atoms with Gasteiger partial charge in [0.1, 0.15) is 11.4 Å². The molecule has 1 aromatic carbocycles. The lowest BCUT2D eigenvalue weighted by Gasteiger charge is -2.30. The van der Waals surface area contributed by atoms with E-state index in [1.54, 1.807) is 18.2 Å². The van der Waals surface area contributed by atoms with Gasteiger partial charge in [-0.1, -0.05) is 37.1 Å². The van der Waals surface area contributed by atoms with Crippen LogP contribution in [0.25, 0.3) is 0 Å². The normalized spacial score (nSPS) is 15.3. The molecule has 0 spiro atoms. The maximum atomic E-state index is 13.4. The molecule has 1 aromatic rings. The molecule has 5 heteroatoms. The third kappa shape index (κ3) is 5.75. The molecule has 0 aliphatic carbocycles. The van der Waals surface area contributed by atoms with Gasteiger partial charge in [-0.15, -0.1) is 0 Å². The highest BCUT2D eigenvalue weighted by Crippen LogP contribution is 2.34. The molecular weight excluding hydrogens is 302 g/mol. The molecule has 1 atom stereocenters. The van der Waals surface area contributed by atoms with Crippen molar-refractivity contribution in [3.63, 3.8) is 0 Å². The Morgan fingerprint density at radius 1 is 1.30 bits per heavy atom. The van der Waals surface area contributed by atoms with Crippen LogP contribution < -0.4 is 0 Å². The summed E-state index contributed by atoms with van der Waals surface area (Å²) in [6.45, 7) is 3.70. The molecule has 0 bridgehead atoms. The van der Waals surface area contributed by atoms with Crippen LogP contribution in [-0.4, -0.2) is 27.5 Å². The largest absolute Gasteiger partial charge is 0.508 e. The number of benzene rings is 1. The fourth-order valence-electron chi connectivity index (χ4n) is 2.22. The zero-order chi connectivity index (χ0) is 17.7. The Hall–Kier alpha value is -1.75. The molecule has 0 aliphatic rings. The zero-order valence-electron chi connectivity index (χ0n) is 13.8. The van der Waals surface area contributed by atoms with Gasteiger partial charge in [-0.2, -0.15) is 0 Å². The molecule has 23 heavy (non-hydrogen) atoms. The van der Waals surface area contributed by atoms with Crippen molar-refractivity contribution in [2.45, 2.75) is 58.0 Å². The van der Waals surface area contributed by atoms with Crippen molar-refractivity contribution in [3.8, 4) is 5.75 Å². The lowest BCUT2D eigenvalue weighted by Crippen LogP contribution is -2.43. The van der Waals surface area contributed by atoms with Crippen molar-refractivity contribution < 1.29 is 23.8 Å². The Labute approximate surface area is 135 Å². The molecule has 3 nitrogen and oxygen atoms in total. The number of hydrogen-bond acceptors (Lipinski definition) is 3. The van der Waals surface area contributed by atoms with Gasteiger partial charge in [-0.3, -0.25) is 4.79 Å². The van der Waals surface area contributed by atoms with Crippen molar-refractivity contribution in [1.82, 2.24) is 0 Å². The molecule has 0 aliphatic heterocycles. The van der Waals surface area contributed by atoms with Crippen molar-refractivity contribution in [2.75, 3.05) is 0 Å². The number of phenolic OH excluding ortho intramolecular Hbond substituents is 1. The second-order valence-corrected chi connectivity index (χ2v) is 6.13. The molecule has 128 valence electrons. The van der Waals surface area contributed by atoms with E-state index < -0.39 is 11.5 Å². The van der Waals surface area contributed by atoms with Gasteiger partial charge in [0.25, 0.3) is 5.92 Å². The average Bonchev–Trinajstić information content (AvgIpc) is 2.43. The van der Waals surface area contributed by atoms with Gasteiger partial charge in [-0.05, 0) is 25.5 Å². The summed E-state index contributed by atoms with van der Waals surface area (Å²) in [5.74, 6) is -3.44. The number of carbonyl (C=O) groups is 1. The number of hydrogen-bond donors (Lipinski definition) is 2. The van der Waals surface area contributed by atoms with Gasteiger partial charge in [0.15, 0.2) is 5.78 Å². The summed E-state index contributed by atoms with van der Waals surface area (Å²) in [4.78, 5) is 12.1. The second kappa shape index (κ2) is 7.68. The quantitative estimate of drug-likeness (QED) is 0.547. The number of rotatable bonds is 8. The molecule has 1 unspecified atom stereocenters. The molecular formula is C18H24F2O3. The Bertz CT molecular complexity index is 572. The van der Waals surface area contributed by atoms with E-state index in [2.05, 4.69) is 0 Å². The highest BCUT2D eigenvalue weighted by atomic mass is 19.3. The Kier molecular flexibility index (Phi) is 6.45. The maximum absolute atomic E-state index is 13.4. The zero-order valence-corrected chi connectivity index (χ0v) is 13.8. The number of aliphatic hydroxyl groups is 1. The number of allylic oxidation sites excluding steroid dienone is 1. The molecule has 0 amide bonds. The van der Waals surface area contributed by atoms with E-state index in [9.17, 15) is 23.8 Å². The first kappa shape index (κ1) is 19.3. The standard InChI is InChI=1S/C18H24F2O3/c1-4-6-13(12-17(2,23)18(3,19)20)9-10-16(22)14-7-5-8-15(21)11-14/h5,7-9,11,21,23H,4,6,10,12H2,1-3H3/b13-9-. The monoisotopic (exact) mass is 326 g/mol. The first-order valence-corrected chi connectivity index (χ1v) is 7.67. The van der Waals surface area contributed by atoms with Gasteiger partial charge < -0.3 is 10.2 Å². The van der Waals surface area contributed by atoms with Crippen LogP contribution in [0.1, 0.15) is 56.8 Å². The minimum atomic E-state index is -3.23. The highest BCUT2D eigenvalue weighted by Gasteiger charge is 2.44. The van der Waals surface area contributed by atoms with E-state index in [1.807, 2.05) is 6.92 Å². The lowest BCUT2D eigenvalue weighted by molar-refractivity contribution is -0.158. The average molecular weight is 326 g/mol. The summed E-state index contributed by atoms with van der Waals surface area (Å²) in [7, 11) is 0. The molecule has 0 saturated heterocycles. The number of ketones is 1. The predicted octanol–water partition coefficient (Wildman–Crippen LogP) is 4.49. The van der Waals surface area contributed by atoms with Crippen LogP contribution in [0, 0.1) is 0 Å². The summed E-state index contributed by atoms with van der Waals surface area (Å²) in [6.07, 6.45) is 2.75. The summed E-state index contributed by atoms with van der Waals surface area (Å²) < 4.78 is 26.9. The van der Waals surface area contributed by atoms with E-state index in [0.29, 0.717) is 24.5 Å². The summed E-state index contributed by atoms with van der Waals surface area (Å²) >= 11 is 0. The third-order valence-electron chi connectivity index (χ3n) is 3.83. The van der Waals surface area contributed by atoms with Crippen LogP contribution in [0.2, 0.25) is 0 Å². The van der Waals surface area contributed by atoms with Gasteiger partial charge in [0.2, 0.25) is 0 Å². The van der Waals surface area contributed by atoms with E-state index in [4.69, 9.17) is 0 Å². The topological polar surface area (TPSA) is 57.5 Å². The number of Topliss-reactive ketones (excluding diaryl/α,β-unsaturated/α-hetero) is 1. The number of halogens is 2. The van der Waals surface area contributed by atoms with E-state index in [-0.39, 0.29) is 24.4 Å². The third-order valence-corrected chi connectivity index (χ3v) is 3.83. The molecule has 0 radical (unpaired) electrons. The molecule has 0 aromatic heterocycles. The van der Waals surface area contributed by atoms with Gasteiger partial charge in [-0.25, -0.2) is 8.78 Å². The van der Waals surface area contributed by atoms with Crippen LogP contribution >= 0.6 is 0 Å². The number of phenols is 1. The maximum Gasteiger partial charge on any atom is 0.273 e.